The molecule has 0 aliphatic heterocycles. The maximum atomic E-state index is 12.7. The predicted octanol–water partition coefficient (Wildman–Crippen LogP) is 4.94. The number of nitrogens with one attached hydrogen (secondary N) is 2. The van der Waals surface area contributed by atoms with Gasteiger partial charge in [-0.15, -0.1) is 0 Å². The van der Waals surface area contributed by atoms with Crippen molar-refractivity contribution >= 4 is 33.6 Å². The number of alkyl carbamates (subject to hydrolysis) is 1. The Hall–Kier alpha value is -1.56. The highest BCUT2D eigenvalue weighted by Gasteiger charge is 2.25. The van der Waals surface area contributed by atoms with Crippen molar-refractivity contribution in [2.24, 2.45) is 5.92 Å². The number of anilines is 1. The Kier molecular flexibility index (Phi) is 7.47. The molecule has 1 rings (SSSR count). The predicted molar refractivity (Wildman–Crippen MR) is 105 cm³/mol. The van der Waals surface area contributed by atoms with Gasteiger partial charge in [0.2, 0.25) is 5.91 Å². The molecule has 0 spiro atoms. The molecule has 0 unspecified atom stereocenters. The minimum Gasteiger partial charge on any atom is -0.444 e. The number of aryl methyl sites for hydroxylation is 2. The van der Waals surface area contributed by atoms with Gasteiger partial charge in [0, 0.05) is 4.47 Å². The van der Waals surface area contributed by atoms with E-state index in [2.05, 4.69) is 26.6 Å². The van der Waals surface area contributed by atoms with Crippen molar-refractivity contribution in [2.45, 2.75) is 66.5 Å². The third-order valence-corrected chi connectivity index (χ3v) is 4.21. The van der Waals surface area contributed by atoms with Crippen LogP contribution in [0.3, 0.4) is 0 Å². The molecular formula is C19H29BrN2O3. The highest BCUT2D eigenvalue weighted by atomic mass is 79.9. The Balaban J connectivity index is 2.90. The van der Waals surface area contributed by atoms with Crippen LogP contribution in [0, 0.1) is 19.8 Å². The van der Waals surface area contributed by atoms with Gasteiger partial charge in [-0.25, -0.2) is 4.79 Å². The number of amides is 2. The van der Waals surface area contributed by atoms with Crippen LogP contribution in [0.25, 0.3) is 0 Å². The number of carbonyl (C=O) groups excluding carboxylic acids is 2. The zero-order chi connectivity index (χ0) is 19.4. The van der Waals surface area contributed by atoms with Crippen LogP contribution >= 0.6 is 15.9 Å². The summed E-state index contributed by atoms with van der Waals surface area (Å²) in [4.78, 5) is 24.7. The molecule has 0 saturated carbocycles. The number of carbonyl (C=O) groups is 2. The molecule has 1 aromatic rings. The van der Waals surface area contributed by atoms with Gasteiger partial charge >= 0.3 is 6.09 Å². The van der Waals surface area contributed by atoms with E-state index in [1.54, 1.807) is 20.8 Å². The van der Waals surface area contributed by atoms with E-state index >= 15 is 0 Å². The van der Waals surface area contributed by atoms with Crippen molar-refractivity contribution in [1.29, 1.82) is 0 Å². The van der Waals surface area contributed by atoms with Gasteiger partial charge in [-0.2, -0.15) is 0 Å². The Morgan fingerprint density at radius 2 is 1.72 bits per heavy atom. The first-order valence-electron chi connectivity index (χ1n) is 8.46. The lowest BCUT2D eigenvalue weighted by molar-refractivity contribution is -0.118. The zero-order valence-electron chi connectivity index (χ0n) is 16.1. The average Bonchev–Trinajstić information content (AvgIpc) is 2.41. The van der Waals surface area contributed by atoms with Gasteiger partial charge in [-0.05, 0) is 86.1 Å². The van der Waals surface area contributed by atoms with Crippen LogP contribution < -0.4 is 10.6 Å². The fourth-order valence-corrected chi connectivity index (χ4v) is 2.81. The SMILES string of the molecule is Cc1cc(Br)c(NC(=O)[C@H](CC(C)C)NC(=O)OC(C)(C)C)cc1C. The lowest BCUT2D eigenvalue weighted by atomic mass is 10.0. The molecule has 1 atom stereocenters. The molecule has 0 saturated heterocycles. The second-order valence-electron chi connectivity index (χ2n) is 7.73. The van der Waals surface area contributed by atoms with Crippen molar-refractivity contribution < 1.29 is 14.3 Å². The van der Waals surface area contributed by atoms with E-state index in [-0.39, 0.29) is 11.8 Å². The summed E-state index contributed by atoms with van der Waals surface area (Å²) in [5, 5.41) is 5.58. The first kappa shape index (κ1) is 21.5. The molecule has 25 heavy (non-hydrogen) atoms. The number of hydrogen-bond donors (Lipinski definition) is 2. The lowest BCUT2D eigenvalue weighted by Gasteiger charge is -2.24. The smallest absolute Gasteiger partial charge is 0.408 e. The summed E-state index contributed by atoms with van der Waals surface area (Å²) in [7, 11) is 0. The Morgan fingerprint density at radius 3 is 2.24 bits per heavy atom. The van der Waals surface area contributed by atoms with Crippen molar-refractivity contribution in [3.63, 3.8) is 0 Å². The Bertz CT molecular complexity index is 636. The molecule has 0 aliphatic rings. The van der Waals surface area contributed by atoms with E-state index in [0.717, 1.165) is 15.6 Å². The van der Waals surface area contributed by atoms with E-state index in [0.29, 0.717) is 12.1 Å². The molecule has 1 aromatic carbocycles. The number of benzene rings is 1. The van der Waals surface area contributed by atoms with Gasteiger partial charge in [0.1, 0.15) is 11.6 Å². The molecule has 0 heterocycles. The second kappa shape index (κ2) is 8.70. The normalized spacial score (nSPS) is 12.7. The quantitative estimate of drug-likeness (QED) is 0.718. The van der Waals surface area contributed by atoms with Crippen molar-refractivity contribution in [1.82, 2.24) is 5.32 Å². The Morgan fingerprint density at radius 1 is 1.16 bits per heavy atom. The third-order valence-electron chi connectivity index (χ3n) is 3.56. The minimum atomic E-state index is -0.664. The largest absolute Gasteiger partial charge is 0.444 e. The molecule has 0 fully saturated rings. The molecule has 2 amide bonds. The third kappa shape index (κ3) is 7.46. The first-order valence-corrected chi connectivity index (χ1v) is 9.25. The molecule has 6 heteroatoms. The van der Waals surface area contributed by atoms with Crippen LogP contribution in [0.5, 0.6) is 0 Å². The van der Waals surface area contributed by atoms with Crippen molar-refractivity contribution in [2.75, 3.05) is 5.32 Å². The van der Waals surface area contributed by atoms with E-state index < -0.39 is 17.7 Å². The number of rotatable bonds is 5. The number of hydrogen-bond acceptors (Lipinski definition) is 3. The first-order chi connectivity index (χ1) is 11.4. The van der Waals surface area contributed by atoms with E-state index in [4.69, 9.17) is 4.74 Å². The van der Waals surface area contributed by atoms with Crippen LogP contribution in [-0.4, -0.2) is 23.6 Å². The summed E-state index contributed by atoms with van der Waals surface area (Å²) < 4.78 is 6.08. The average molecular weight is 413 g/mol. The van der Waals surface area contributed by atoms with Crippen LogP contribution in [0.1, 0.15) is 52.2 Å². The van der Waals surface area contributed by atoms with Gasteiger partial charge in [0.05, 0.1) is 5.69 Å². The van der Waals surface area contributed by atoms with E-state index in [1.807, 2.05) is 39.8 Å². The van der Waals surface area contributed by atoms with E-state index in [9.17, 15) is 9.59 Å². The van der Waals surface area contributed by atoms with E-state index in [1.165, 1.54) is 0 Å². The topological polar surface area (TPSA) is 67.4 Å². The van der Waals surface area contributed by atoms with Crippen molar-refractivity contribution in [3.05, 3.63) is 27.7 Å². The highest BCUT2D eigenvalue weighted by molar-refractivity contribution is 9.10. The number of ether oxygens (including phenoxy) is 1. The summed E-state index contributed by atoms with van der Waals surface area (Å²) in [6.45, 7) is 13.4. The maximum Gasteiger partial charge on any atom is 0.408 e. The van der Waals surface area contributed by atoms with Gasteiger partial charge < -0.3 is 15.4 Å². The molecular weight excluding hydrogens is 384 g/mol. The van der Waals surface area contributed by atoms with Crippen LogP contribution in [-0.2, 0) is 9.53 Å². The zero-order valence-corrected chi connectivity index (χ0v) is 17.7. The summed E-state index contributed by atoms with van der Waals surface area (Å²) in [6, 6.07) is 3.21. The van der Waals surface area contributed by atoms with Gasteiger partial charge in [-0.3, -0.25) is 4.79 Å². The van der Waals surface area contributed by atoms with Gasteiger partial charge in [-0.1, -0.05) is 13.8 Å². The minimum absolute atomic E-state index is 0.244. The molecule has 0 aliphatic carbocycles. The van der Waals surface area contributed by atoms with Crippen LogP contribution in [0.2, 0.25) is 0 Å². The van der Waals surface area contributed by atoms with Crippen LogP contribution in [0.4, 0.5) is 10.5 Å². The van der Waals surface area contributed by atoms with Crippen LogP contribution in [0.15, 0.2) is 16.6 Å². The van der Waals surface area contributed by atoms with Gasteiger partial charge in [0.15, 0.2) is 0 Å². The summed E-state index contributed by atoms with van der Waals surface area (Å²) in [5.74, 6) is -0.0163. The molecule has 0 aromatic heterocycles. The monoisotopic (exact) mass is 412 g/mol. The summed E-state index contributed by atoms with van der Waals surface area (Å²) in [6.07, 6.45) is -0.0690. The summed E-state index contributed by atoms with van der Waals surface area (Å²) in [5.41, 5.74) is 2.29. The Labute approximate surface area is 159 Å². The fraction of sp³-hybridized carbons (Fsp3) is 0.579. The fourth-order valence-electron chi connectivity index (χ4n) is 2.25. The number of halogens is 1. The van der Waals surface area contributed by atoms with Gasteiger partial charge in [0.25, 0.3) is 0 Å². The molecule has 0 radical (unpaired) electrons. The highest BCUT2D eigenvalue weighted by Crippen LogP contribution is 2.26. The standard InChI is InChI=1S/C19H29BrN2O3/c1-11(2)8-16(22-18(24)25-19(5,6)7)17(23)21-15-10-13(4)12(3)9-14(15)20/h9-11,16H,8H2,1-7H3,(H,21,23)(H,22,24)/t16-/m0/s1. The second-order valence-corrected chi connectivity index (χ2v) is 8.59. The maximum absolute atomic E-state index is 12.7. The molecule has 2 N–H and O–H groups in total. The molecule has 0 bridgehead atoms. The lowest BCUT2D eigenvalue weighted by Crippen LogP contribution is -2.46. The summed E-state index contributed by atoms with van der Waals surface area (Å²) >= 11 is 3.47. The van der Waals surface area contributed by atoms with Crippen molar-refractivity contribution in [3.8, 4) is 0 Å². The molecule has 140 valence electrons. The molecule has 5 nitrogen and oxygen atoms in total.